The molecule has 0 amide bonds. The van der Waals surface area contributed by atoms with Crippen molar-refractivity contribution in [1.82, 2.24) is 9.97 Å². The minimum atomic E-state index is -0.726. The summed E-state index contributed by atoms with van der Waals surface area (Å²) in [6.07, 6.45) is 8.71. The molecule has 0 aliphatic heterocycles. The van der Waals surface area contributed by atoms with Crippen LogP contribution in [-0.2, 0) is 17.6 Å². The Morgan fingerprint density at radius 3 is 1.93 bits per heavy atom. The summed E-state index contributed by atoms with van der Waals surface area (Å²) in [6.45, 7) is 2.18. The van der Waals surface area contributed by atoms with Crippen LogP contribution in [0.25, 0.3) is 22.5 Å². The first-order chi connectivity index (χ1) is 13.7. The van der Waals surface area contributed by atoms with Gasteiger partial charge in [-0.1, -0.05) is 61.9 Å². The second-order valence-corrected chi connectivity index (χ2v) is 7.04. The van der Waals surface area contributed by atoms with Gasteiger partial charge >= 0.3 is 5.97 Å². The Kier molecular flexibility index (Phi) is 6.90. The van der Waals surface area contributed by atoms with Gasteiger partial charge in [0.15, 0.2) is 5.82 Å². The van der Waals surface area contributed by atoms with Crippen LogP contribution in [0.15, 0.2) is 60.9 Å². The molecule has 2 aromatic carbocycles. The van der Waals surface area contributed by atoms with Crippen molar-refractivity contribution in [3.8, 4) is 22.5 Å². The van der Waals surface area contributed by atoms with Gasteiger partial charge in [-0.15, -0.1) is 0 Å². The van der Waals surface area contributed by atoms with Gasteiger partial charge in [-0.2, -0.15) is 0 Å². The number of aromatic nitrogens is 2. The fourth-order valence-electron chi connectivity index (χ4n) is 3.20. The molecule has 0 atom stereocenters. The number of carbonyl (C=O) groups is 1. The van der Waals surface area contributed by atoms with E-state index in [0.717, 1.165) is 48.2 Å². The second kappa shape index (κ2) is 9.79. The Balaban J connectivity index is 1.62. The zero-order valence-corrected chi connectivity index (χ0v) is 16.3. The van der Waals surface area contributed by atoms with Crippen LogP contribution in [0.4, 0.5) is 0 Å². The molecule has 28 heavy (non-hydrogen) atoms. The first kappa shape index (κ1) is 19.7. The molecule has 1 heterocycles. The maximum Gasteiger partial charge on any atom is 0.303 e. The number of rotatable bonds is 9. The molecule has 144 valence electrons. The highest BCUT2D eigenvalue weighted by molar-refractivity contribution is 5.66. The average molecular weight is 374 g/mol. The second-order valence-electron chi connectivity index (χ2n) is 7.04. The maximum absolute atomic E-state index is 10.6. The van der Waals surface area contributed by atoms with Gasteiger partial charge < -0.3 is 5.11 Å². The van der Waals surface area contributed by atoms with Crippen molar-refractivity contribution in [2.45, 2.75) is 45.4 Å². The van der Waals surface area contributed by atoms with E-state index >= 15 is 0 Å². The Morgan fingerprint density at radius 1 is 0.786 bits per heavy atom. The molecule has 0 aliphatic rings. The van der Waals surface area contributed by atoms with E-state index in [-0.39, 0.29) is 6.42 Å². The third kappa shape index (κ3) is 5.49. The van der Waals surface area contributed by atoms with Crippen molar-refractivity contribution in [2.24, 2.45) is 0 Å². The number of hydrogen-bond donors (Lipinski definition) is 1. The summed E-state index contributed by atoms with van der Waals surface area (Å²) in [4.78, 5) is 19.6. The Morgan fingerprint density at radius 2 is 1.36 bits per heavy atom. The highest BCUT2D eigenvalue weighted by atomic mass is 16.4. The molecule has 0 bridgehead atoms. The summed E-state index contributed by atoms with van der Waals surface area (Å²) in [5.41, 5.74) is 5.66. The molecule has 0 spiro atoms. The van der Waals surface area contributed by atoms with Crippen LogP contribution >= 0.6 is 0 Å². The SMILES string of the molecule is CCCc1ccc(-c2ncc(-c3ccc(CCCCC(=O)O)cc3)cn2)cc1. The lowest BCUT2D eigenvalue weighted by molar-refractivity contribution is -0.137. The summed E-state index contributed by atoms with van der Waals surface area (Å²) in [6, 6.07) is 16.8. The van der Waals surface area contributed by atoms with Gasteiger partial charge in [0.25, 0.3) is 0 Å². The molecule has 4 nitrogen and oxygen atoms in total. The van der Waals surface area contributed by atoms with Gasteiger partial charge in [-0.25, -0.2) is 9.97 Å². The number of benzene rings is 2. The van der Waals surface area contributed by atoms with Crippen molar-refractivity contribution in [1.29, 1.82) is 0 Å². The van der Waals surface area contributed by atoms with Gasteiger partial charge in [0, 0.05) is 29.9 Å². The van der Waals surface area contributed by atoms with Crippen molar-refractivity contribution >= 4 is 5.97 Å². The van der Waals surface area contributed by atoms with E-state index in [1.54, 1.807) is 0 Å². The molecular weight excluding hydrogens is 348 g/mol. The molecule has 1 aromatic heterocycles. The van der Waals surface area contributed by atoms with Crippen molar-refractivity contribution < 1.29 is 9.90 Å². The maximum atomic E-state index is 10.6. The Hall–Kier alpha value is -3.01. The van der Waals surface area contributed by atoms with Crippen LogP contribution < -0.4 is 0 Å². The quantitative estimate of drug-likeness (QED) is 0.498. The molecule has 0 unspecified atom stereocenters. The lowest BCUT2D eigenvalue weighted by atomic mass is 10.0. The molecule has 0 saturated carbocycles. The van der Waals surface area contributed by atoms with Crippen molar-refractivity contribution in [3.05, 3.63) is 72.1 Å². The minimum Gasteiger partial charge on any atom is -0.481 e. The van der Waals surface area contributed by atoms with E-state index in [1.165, 1.54) is 11.1 Å². The number of carboxylic acid groups (broad SMARTS) is 1. The Bertz CT molecular complexity index is 885. The smallest absolute Gasteiger partial charge is 0.303 e. The van der Waals surface area contributed by atoms with Crippen molar-refractivity contribution in [2.75, 3.05) is 0 Å². The molecule has 1 N–H and O–H groups in total. The number of nitrogens with zero attached hydrogens (tertiary/aromatic N) is 2. The molecule has 0 saturated heterocycles. The molecule has 0 fully saturated rings. The molecule has 3 aromatic rings. The first-order valence-corrected chi connectivity index (χ1v) is 9.88. The minimum absolute atomic E-state index is 0.239. The topological polar surface area (TPSA) is 63.1 Å². The van der Waals surface area contributed by atoms with Crippen LogP contribution in [0, 0.1) is 0 Å². The van der Waals surface area contributed by atoms with Gasteiger partial charge in [0.2, 0.25) is 0 Å². The molecule has 3 rings (SSSR count). The van der Waals surface area contributed by atoms with E-state index in [9.17, 15) is 4.79 Å². The highest BCUT2D eigenvalue weighted by Gasteiger charge is 2.04. The van der Waals surface area contributed by atoms with Gasteiger partial charge in [-0.3, -0.25) is 4.79 Å². The van der Waals surface area contributed by atoms with Crippen LogP contribution in [-0.4, -0.2) is 21.0 Å². The zero-order chi connectivity index (χ0) is 19.8. The fraction of sp³-hybridized carbons (Fsp3) is 0.292. The van der Waals surface area contributed by atoms with Crippen LogP contribution in [0.2, 0.25) is 0 Å². The van der Waals surface area contributed by atoms with E-state index in [2.05, 4.69) is 65.4 Å². The van der Waals surface area contributed by atoms with Crippen molar-refractivity contribution in [3.63, 3.8) is 0 Å². The predicted octanol–water partition coefficient (Wildman–Crippen LogP) is 5.56. The summed E-state index contributed by atoms with van der Waals surface area (Å²) < 4.78 is 0. The third-order valence-electron chi connectivity index (χ3n) is 4.80. The molecule has 4 heteroatoms. The summed E-state index contributed by atoms with van der Waals surface area (Å²) in [5.74, 6) is 0.0116. The lowest BCUT2D eigenvalue weighted by Gasteiger charge is -2.06. The first-order valence-electron chi connectivity index (χ1n) is 9.88. The summed E-state index contributed by atoms with van der Waals surface area (Å²) >= 11 is 0. The van der Waals surface area contributed by atoms with Gasteiger partial charge in [-0.05, 0) is 42.4 Å². The molecule has 0 aliphatic carbocycles. The average Bonchev–Trinajstić information content (AvgIpc) is 2.73. The number of aryl methyl sites for hydroxylation is 2. The summed E-state index contributed by atoms with van der Waals surface area (Å²) in [5, 5.41) is 8.69. The number of carboxylic acids is 1. The Labute approximate surface area is 166 Å². The summed E-state index contributed by atoms with van der Waals surface area (Å²) in [7, 11) is 0. The standard InChI is InChI=1S/C24H26N2O2/c1-2-5-18-10-14-21(15-11-18)24-25-16-22(17-26-24)20-12-8-19(9-13-20)6-3-4-7-23(27)28/h8-17H,2-7H2,1H3,(H,27,28). The largest absolute Gasteiger partial charge is 0.481 e. The number of hydrogen-bond acceptors (Lipinski definition) is 3. The third-order valence-corrected chi connectivity index (χ3v) is 4.80. The van der Waals surface area contributed by atoms with E-state index in [1.807, 2.05) is 12.4 Å². The van der Waals surface area contributed by atoms with Crippen LogP contribution in [0.3, 0.4) is 0 Å². The number of unbranched alkanes of at least 4 members (excludes halogenated alkanes) is 1. The highest BCUT2D eigenvalue weighted by Crippen LogP contribution is 2.22. The van der Waals surface area contributed by atoms with E-state index in [0.29, 0.717) is 6.42 Å². The molecular formula is C24H26N2O2. The van der Waals surface area contributed by atoms with E-state index < -0.39 is 5.97 Å². The van der Waals surface area contributed by atoms with Crippen LogP contribution in [0.5, 0.6) is 0 Å². The fourth-order valence-corrected chi connectivity index (χ4v) is 3.20. The van der Waals surface area contributed by atoms with Gasteiger partial charge in [0.1, 0.15) is 0 Å². The van der Waals surface area contributed by atoms with Gasteiger partial charge in [0.05, 0.1) is 0 Å². The monoisotopic (exact) mass is 374 g/mol. The van der Waals surface area contributed by atoms with Crippen LogP contribution in [0.1, 0.15) is 43.7 Å². The normalized spacial score (nSPS) is 10.8. The van der Waals surface area contributed by atoms with E-state index in [4.69, 9.17) is 5.11 Å². The molecule has 0 radical (unpaired) electrons. The number of aliphatic carboxylic acids is 1. The lowest BCUT2D eigenvalue weighted by Crippen LogP contribution is -1.95. The predicted molar refractivity (Wildman–Crippen MR) is 112 cm³/mol. The zero-order valence-electron chi connectivity index (χ0n) is 16.3.